The molecule has 0 aliphatic heterocycles. The Bertz CT molecular complexity index is 236. The molecule has 0 aromatic rings. The van der Waals surface area contributed by atoms with Crippen molar-refractivity contribution in [1.82, 2.24) is 5.32 Å². The zero-order valence-corrected chi connectivity index (χ0v) is 11.0. The van der Waals surface area contributed by atoms with Gasteiger partial charge in [0.25, 0.3) is 0 Å². The van der Waals surface area contributed by atoms with E-state index in [4.69, 9.17) is 5.11 Å². The van der Waals surface area contributed by atoms with Crippen LogP contribution in [0.3, 0.4) is 0 Å². The van der Waals surface area contributed by atoms with Gasteiger partial charge in [-0.2, -0.15) is 0 Å². The lowest BCUT2D eigenvalue weighted by Crippen LogP contribution is -2.28. The smallest absolute Gasteiger partial charge is 0.303 e. The van der Waals surface area contributed by atoms with Gasteiger partial charge in [-0.1, -0.05) is 20.8 Å². The molecule has 0 aromatic heterocycles. The van der Waals surface area contributed by atoms with Crippen molar-refractivity contribution in [3.05, 3.63) is 0 Å². The Morgan fingerprint density at radius 3 is 2.38 bits per heavy atom. The third-order valence-corrected chi connectivity index (χ3v) is 3.05. The third-order valence-electron chi connectivity index (χ3n) is 1.78. The summed E-state index contributed by atoms with van der Waals surface area (Å²) in [4.78, 5) is 21.6. The van der Waals surface area contributed by atoms with Crippen LogP contribution >= 0.6 is 11.8 Å². The van der Waals surface area contributed by atoms with Crippen molar-refractivity contribution in [3.8, 4) is 0 Å². The van der Waals surface area contributed by atoms with Gasteiger partial charge in [0.05, 0.1) is 5.75 Å². The van der Waals surface area contributed by atoms with Gasteiger partial charge in [0.1, 0.15) is 0 Å². The maximum atomic E-state index is 11.3. The highest BCUT2D eigenvalue weighted by atomic mass is 32.2. The molecule has 5 heteroatoms. The van der Waals surface area contributed by atoms with E-state index in [0.717, 1.165) is 6.42 Å². The van der Waals surface area contributed by atoms with E-state index in [9.17, 15) is 9.59 Å². The first-order valence-corrected chi connectivity index (χ1v) is 6.42. The first-order chi connectivity index (χ1) is 7.31. The number of aliphatic carboxylic acids is 1. The molecule has 0 atom stereocenters. The van der Waals surface area contributed by atoms with Gasteiger partial charge in [-0.3, -0.25) is 9.59 Å². The Labute approximate surface area is 101 Å². The first kappa shape index (κ1) is 15.3. The highest BCUT2D eigenvalue weighted by Gasteiger charge is 2.12. The molecule has 0 fully saturated rings. The van der Waals surface area contributed by atoms with Crippen molar-refractivity contribution in [3.63, 3.8) is 0 Å². The van der Waals surface area contributed by atoms with Crippen molar-refractivity contribution >= 4 is 23.6 Å². The summed E-state index contributed by atoms with van der Waals surface area (Å²) in [6, 6.07) is 0. The average Bonchev–Trinajstić information content (AvgIpc) is 2.12. The number of carbonyl (C=O) groups is 2. The number of hydrogen-bond acceptors (Lipinski definition) is 3. The predicted octanol–water partition coefficient (Wildman–Crippen LogP) is 1.89. The highest BCUT2D eigenvalue weighted by molar-refractivity contribution is 8.01. The second-order valence-corrected chi connectivity index (χ2v) is 6.40. The molecule has 1 amide bonds. The van der Waals surface area contributed by atoms with Crippen LogP contribution < -0.4 is 5.32 Å². The fourth-order valence-electron chi connectivity index (χ4n) is 0.962. The van der Waals surface area contributed by atoms with Crippen LogP contribution in [0.15, 0.2) is 0 Å². The zero-order chi connectivity index (χ0) is 12.6. The normalized spacial score (nSPS) is 11.2. The van der Waals surface area contributed by atoms with Gasteiger partial charge in [0.2, 0.25) is 5.91 Å². The number of nitrogens with one attached hydrogen (secondary N) is 1. The molecular formula is C11H21NO3S. The summed E-state index contributed by atoms with van der Waals surface area (Å²) in [5.41, 5.74) is 0. The minimum atomic E-state index is -0.783. The molecule has 0 unspecified atom stereocenters. The maximum Gasteiger partial charge on any atom is 0.303 e. The zero-order valence-electron chi connectivity index (χ0n) is 10.2. The minimum absolute atomic E-state index is 0.0234. The maximum absolute atomic E-state index is 11.3. The lowest BCUT2D eigenvalue weighted by Gasteiger charge is -2.16. The van der Waals surface area contributed by atoms with Gasteiger partial charge in [-0.15, -0.1) is 11.8 Å². The average molecular weight is 247 g/mol. The van der Waals surface area contributed by atoms with Crippen LogP contribution in [0.1, 0.15) is 40.0 Å². The van der Waals surface area contributed by atoms with E-state index in [0.29, 0.717) is 18.7 Å². The van der Waals surface area contributed by atoms with Crippen LogP contribution in [0, 0.1) is 0 Å². The number of unbranched alkanes of at least 4 members (excludes halogenated alkanes) is 1. The topological polar surface area (TPSA) is 66.4 Å². The molecule has 2 N–H and O–H groups in total. The Morgan fingerprint density at radius 2 is 1.88 bits per heavy atom. The van der Waals surface area contributed by atoms with Crippen LogP contribution in [0.2, 0.25) is 0 Å². The molecule has 0 saturated carbocycles. The van der Waals surface area contributed by atoms with Crippen molar-refractivity contribution in [2.24, 2.45) is 0 Å². The Hall–Kier alpha value is -0.710. The molecule has 94 valence electrons. The van der Waals surface area contributed by atoms with E-state index in [2.05, 4.69) is 26.1 Å². The van der Waals surface area contributed by atoms with E-state index >= 15 is 0 Å². The van der Waals surface area contributed by atoms with Gasteiger partial charge in [-0.25, -0.2) is 0 Å². The van der Waals surface area contributed by atoms with Crippen LogP contribution in [0.5, 0.6) is 0 Å². The molecule has 0 radical (unpaired) electrons. The number of amides is 1. The van der Waals surface area contributed by atoms with E-state index in [1.54, 1.807) is 11.8 Å². The van der Waals surface area contributed by atoms with Gasteiger partial charge >= 0.3 is 5.97 Å². The Kier molecular flexibility index (Phi) is 7.21. The van der Waals surface area contributed by atoms with Crippen molar-refractivity contribution in [2.75, 3.05) is 12.3 Å². The van der Waals surface area contributed by atoms with E-state index < -0.39 is 5.97 Å². The molecule has 0 bridgehead atoms. The fraction of sp³-hybridized carbons (Fsp3) is 0.818. The molecular weight excluding hydrogens is 226 g/mol. The van der Waals surface area contributed by atoms with Crippen LogP contribution in [-0.2, 0) is 9.59 Å². The standard InChI is InChI=1S/C11H21NO3S/c1-11(2,3)16-8-9(13)12-7-5-4-6-10(14)15/h4-8H2,1-3H3,(H,12,13)(H,14,15). The van der Waals surface area contributed by atoms with Crippen molar-refractivity contribution < 1.29 is 14.7 Å². The lowest BCUT2D eigenvalue weighted by molar-refractivity contribution is -0.137. The molecule has 0 rings (SSSR count). The Balaban J connectivity index is 3.41. The summed E-state index contributed by atoms with van der Waals surface area (Å²) in [6.45, 7) is 6.77. The Morgan fingerprint density at radius 1 is 1.25 bits per heavy atom. The largest absolute Gasteiger partial charge is 0.481 e. The van der Waals surface area contributed by atoms with Crippen LogP contribution in [-0.4, -0.2) is 34.0 Å². The van der Waals surface area contributed by atoms with Crippen molar-refractivity contribution in [1.29, 1.82) is 0 Å². The second kappa shape index (κ2) is 7.54. The summed E-state index contributed by atoms with van der Waals surface area (Å²) in [7, 11) is 0. The fourth-order valence-corrected chi connectivity index (χ4v) is 1.63. The summed E-state index contributed by atoms with van der Waals surface area (Å²) in [6.07, 6.45) is 1.51. The van der Waals surface area contributed by atoms with Gasteiger partial charge < -0.3 is 10.4 Å². The highest BCUT2D eigenvalue weighted by Crippen LogP contribution is 2.22. The number of rotatable bonds is 7. The SMILES string of the molecule is CC(C)(C)SCC(=O)NCCCCC(=O)O. The van der Waals surface area contributed by atoms with E-state index in [1.807, 2.05) is 0 Å². The molecule has 4 nitrogen and oxygen atoms in total. The van der Waals surface area contributed by atoms with Gasteiger partial charge in [0, 0.05) is 17.7 Å². The number of carbonyl (C=O) groups excluding carboxylic acids is 1. The quantitative estimate of drug-likeness (QED) is 0.674. The minimum Gasteiger partial charge on any atom is -0.481 e. The number of carboxylic acid groups (broad SMARTS) is 1. The molecule has 0 spiro atoms. The van der Waals surface area contributed by atoms with Crippen LogP contribution in [0.4, 0.5) is 0 Å². The number of carboxylic acids is 1. The summed E-state index contributed by atoms with van der Waals surface area (Å²) < 4.78 is 0.0979. The van der Waals surface area contributed by atoms with Gasteiger partial charge in [0.15, 0.2) is 0 Å². The number of thioether (sulfide) groups is 1. The summed E-state index contributed by atoms with van der Waals surface area (Å²) in [5.74, 6) is -0.299. The van der Waals surface area contributed by atoms with Crippen LogP contribution in [0.25, 0.3) is 0 Å². The molecule has 0 aromatic carbocycles. The first-order valence-electron chi connectivity index (χ1n) is 5.44. The second-order valence-electron chi connectivity index (χ2n) is 4.60. The molecule has 0 heterocycles. The third kappa shape index (κ3) is 11.4. The van der Waals surface area contributed by atoms with E-state index in [-0.39, 0.29) is 17.1 Å². The molecule has 0 aliphatic carbocycles. The predicted molar refractivity (Wildman–Crippen MR) is 66.7 cm³/mol. The molecule has 0 aliphatic rings. The summed E-state index contributed by atoms with van der Waals surface area (Å²) >= 11 is 1.60. The molecule has 16 heavy (non-hydrogen) atoms. The van der Waals surface area contributed by atoms with E-state index in [1.165, 1.54) is 0 Å². The van der Waals surface area contributed by atoms with Gasteiger partial charge in [-0.05, 0) is 12.8 Å². The lowest BCUT2D eigenvalue weighted by atomic mass is 10.2. The summed E-state index contributed by atoms with van der Waals surface area (Å²) in [5, 5.41) is 11.2. The monoisotopic (exact) mass is 247 g/mol. The van der Waals surface area contributed by atoms with Crippen molar-refractivity contribution in [2.45, 2.75) is 44.8 Å². The molecule has 0 saturated heterocycles. The number of hydrogen-bond donors (Lipinski definition) is 2.